The van der Waals surface area contributed by atoms with Crippen LogP contribution >= 0.6 is 0 Å². The van der Waals surface area contributed by atoms with Gasteiger partial charge in [-0.25, -0.2) is 0 Å². The molecule has 0 amide bonds. The fourth-order valence-corrected chi connectivity index (χ4v) is 1.76. The van der Waals surface area contributed by atoms with E-state index in [0.29, 0.717) is 13.2 Å². The first-order valence-corrected chi connectivity index (χ1v) is 6.47. The van der Waals surface area contributed by atoms with Crippen molar-refractivity contribution in [3.05, 3.63) is 0 Å². The second-order valence-electron chi connectivity index (χ2n) is 4.48. The van der Waals surface area contributed by atoms with Crippen molar-refractivity contribution in [2.75, 3.05) is 19.8 Å². The largest absolute Gasteiger partial charge is 0.466 e. The molecule has 1 rings (SSSR count). The maximum atomic E-state index is 11.3. The second kappa shape index (κ2) is 8.23. The van der Waals surface area contributed by atoms with Crippen LogP contribution in [-0.2, 0) is 19.1 Å². The van der Waals surface area contributed by atoms with E-state index >= 15 is 0 Å². The van der Waals surface area contributed by atoms with Crippen LogP contribution in [0.4, 0.5) is 0 Å². The third-order valence-electron chi connectivity index (χ3n) is 3.07. The highest BCUT2D eigenvalue weighted by Gasteiger charge is 2.16. The Bertz CT molecular complexity index is 246. The van der Waals surface area contributed by atoms with Crippen LogP contribution in [0, 0.1) is 5.92 Å². The van der Waals surface area contributed by atoms with Crippen molar-refractivity contribution < 1.29 is 19.1 Å². The minimum atomic E-state index is -0.310. The van der Waals surface area contributed by atoms with Gasteiger partial charge in [-0.1, -0.05) is 19.3 Å². The van der Waals surface area contributed by atoms with Crippen molar-refractivity contribution in [2.45, 2.75) is 45.4 Å². The van der Waals surface area contributed by atoms with Gasteiger partial charge < -0.3 is 9.47 Å². The lowest BCUT2D eigenvalue weighted by atomic mass is 9.83. The summed E-state index contributed by atoms with van der Waals surface area (Å²) in [6, 6.07) is 0. The third-order valence-corrected chi connectivity index (χ3v) is 3.07. The summed E-state index contributed by atoms with van der Waals surface area (Å²) in [4.78, 5) is 22.3. The van der Waals surface area contributed by atoms with E-state index in [1.165, 1.54) is 19.3 Å². The summed E-state index contributed by atoms with van der Waals surface area (Å²) in [6.07, 6.45) is 5.40. The number of carbonyl (C=O) groups is 2. The zero-order chi connectivity index (χ0) is 12.5. The Morgan fingerprint density at radius 3 is 2.59 bits per heavy atom. The number of esters is 1. The Hall–Kier alpha value is -0.900. The van der Waals surface area contributed by atoms with E-state index in [0.717, 1.165) is 12.3 Å². The van der Waals surface area contributed by atoms with Crippen LogP contribution in [-0.4, -0.2) is 31.6 Å². The molecule has 0 atom stereocenters. The number of Topliss-reactive ketones (excluding diaryl/α,β-unsaturated/α-hetero) is 1. The molecule has 0 aromatic rings. The number of ketones is 1. The van der Waals surface area contributed by atoms with Crippen LogP contribution in [0.2, 0.25) is 0 Å². The molecule has 0 aliphatic heterocycles. The number of ether oxygens (including phenoxy) is 2. The van der Waals surface area contributed by atoms with Crippen LogP contribution in [0.15, 0.2) is 0 Å². The number of hydrogen-bond donors (Lipinski definition) is 0. The molecule has 0 saturated heterocycles. The molecule has 17 heavy (non-hydrogen) atoms. The van der Waals surface area contributed by atoms with Gasteiger partial charge in [0.15, 0.2) is 5.78 Å². The van der Waals surface area contributed by atoms with Crippen LogP contribution in [0.1, 0.15) is 45.4 Å². The van der Waals surface area contributed by atoms with E-state index < -0.39 is 0 Å². The van der Waals surface area contributed by atoms with Crippen molar-refractivity contribution in [2.24, 2.45) is 5.92 Å². The van der Waals surface area contributed by atoms with E-state index in [2.05, 4.69) is 0 Å². The highest BCUT2D eigenvalue weighted by molar-refractivity contribution is 5.83. The van der Waals surface area contributed by atoms with Gasteiger partial charge in [-0.05, 0) is 19.3 Å². The minimum absolute atomic E-state index is 0.0216. The lowest BCUT2D eigenvalue weighted by Crippen LogP contribution is -2.16. The molecule has 0 unspecified atom stereocenters. The smallest absolute Gasteiger partial charge is 0.306 e. The van der Waals surface area contributed by atoms with Gasteiger partial charge in [0.2, 0.25) is 0 Å². The van der Waals surface area contributed by atoms with Crippen molar-refractivity contribution in [3.63, 3.8) is 0 Å². The van der Waals surface area contributed by atoms with Gasteiger partial charge in [-0.15, -0.1) is 0 Å². The van der Waals surface area contributed by atoms with Crippen LogP contribution in [0.5, 0.6) is 0 Å². The fourth-order valence-electron chi connectivity index (χ4n) is 1.76. The summed E-state index contributed by atoms with van der Waals surface area (Å²) < 4.78 is 10.0. The van der Waals surface area contributed by atoms with Crippen LogP contribution in [0.3, 0.4) is 0 Å². The first-order chi connectivity index (χ1) is 8.22. The SMILES string of the molecule is CCOC(=O)CCC(=O)COCCC1CCC1. The van der Waals surface area contributed by atoms with Crippen LogP contribution in [0.25, 0.3) is 0 Å². The van der Waals surface area contributed by atoms with Gasteiger partial charge in [0, 0.05) is 13.0 Å². The van der Waals surface area contributed by atoms with Gasteiger partial charge in [-0.3, -0.25) is 9.59 Å². The minimum Gasteiger partial charge on any atom is -0.466 e. The van der Waals surface area contributed by atoms with E-state index in [4.69, 9.17) is 9.47 Å². The standard InChI is InChI=1S/C13H22O4/c1-2-17-13(15)7-6-12(14)10-16-9-8-11-4-3-5-11/h11H,2-10H2,1H3. The Labute approximate surface area is 103 Å². The van der Waals surface area contributed by atoms with Gasteiger partial charge in [0.05, 0.1) is 13.0 Å². The Morgan fingerprint density at radius 1 is 1.24 bits per heavy atom. The number of hydrogen-bond acceptors (Lipinski definition) is 4. The fraction of sp³-hybridized carbons (Fsp3) is 0.846. The van der Waals surface area contributed by atoms with Gasteiger partial charge in [0.1, 0.15) is 6.61 Å². The first kappa shape index (κ1) is 14.2. The summed E-state index contributed by atoms with van der Waals surface area (Å²) in [5.41, 5.74) is 0. The number of rotatable bonds is 9. The summed E-state index contributed by atoms with van der Waals surface area (Å²) in [6.45, 7) is 2.91. The zero-order valence-corrected chi connectivity index (χ0v) is 10.6. The first-order valence-electron chi connectivity index (χ1n) is 6.47. The Balaban J connectivity index is 1.91. The molecule has 0 heterocycles. The van der Waals surface area contributed by atoms with Gasteiger partial charge in [0.25, 0.3) is 0 Å². The summed E-state index contributed by atoms with van der Waals surface area (Å²) in [5, 5.41) is 0. The van der Waals surface area contributed by atoms with Crippen LogP contribution < -0.4 is 0 Å². The molecular formula is C13H22O4. The molecule has 1 fully saturated rings. The predicted molar refractivity (Wildman–Crippen MR) is 63.7 cm³/mol. The Kier molecular flexibility index (Phi) is 6.86. The molecular weight excluding hydrogens is 220 g/mol. The molecule has 0 bridgehead atoms. The maximum Gasteiger partial charge on any atom is 0.306 e. The summed E-state index contributed by atoms with van der Waals surface area (Å²) in [5.74, 6) is 0.478. The molecule has 1 aliphatic carbocycles. The second-order valence-corrected chi connectivity index (χ2v) is 4.48. The summed E-state index contributed by atoms with van der Waals surface area (Å²) >= 11 is 0. The quantitative estimate of drug-likeness (QED) is 0.459. The number of carbonyl (C=O) groups excluding carboxylic acids is 2. The molecule has 4 nitrogen and oxygen atoms in total. The van der Waals surface area contributed by atoms with Crippen molar-refractivity contribution in [1.82, 2.24) is 0 Å². The molecule has 1 saturated carbocycles. The average molecular weight is 242 g/mol. The topological polar surface area (TPSA) is 52.6 Å². The van der Waals surface area contributed by atoms with E-state index in [1.807, 2.05) is 0 Å². The zero-order valence-electron chi connectivity index (χ0n) is 10.6. The van der Waals surface area contributed by atoms with E-state index in [-0.39, 0.29) is 31.2 Å². The normalized spacial score (nSPS) is 15.4. The molecule has 0 N–H and O–H groups in total. The molecule has 1 aliphatic rings. The lowest BCUT2D eigenvalue weighted by molar-refractivity contribution is -0.144. The van der Waals surface area contributed by atoms with Gasteiger partial charge in [-0.2, -0.15) is 0 Å². The maximum absolute atomic E-state index is 11.3. The van der Waals surface area contributed by atoms with E-state index in [1.54, 1.807) is 6.92 Å². The Morgan fingerprint density at radius 2 is 2.00 bits per heavy atom. The molecule has 0 spiro atoms. The molecule has 0 radical (unpaired) electrons. The van der Waals surface area contributed by atoms with Crippen molar-refractivity contribution in [3.8, 4) is 0 Å². The monoisotopic (exact) mass is 242 g/mol. The summed E-state index contributed by atoms with van der Waals surface area (Å²) in [7, 11) is 0. The predicted octanol–water partition coefficient (Wildman–Crippen LogP) is 2.11. The third kappa shape index (κ3) is 6.41. The van der Waals surface area contributed by atoms with E-state index in [9.17, 15) is 9.59 Å². The highest BCUT2D eigenvalue weighted by Crippen LogP contribution is 2.28. The van der Waals surface area contributed by atoms with Gasteiger partial charge >= 0.3 is 5.97 Å². The molecule has 0 aromatic heterocycles. The molecule has 4 heteroatoms. The highest BCUT2D eigenvalue weighted by atomic mass is 16.5. The lowest BCUT2D eigenvalue weighted by Gasteiger charge is -2.24. The molecule has 0 aromatic carbocycles. The molecule has 98 valence electrons. The van der Waals surface area contributed by atoms with Crippen molar-refractivity contribution in [1.29, 1.82) is 0 Å². The van der Waals surface area contributed by atoms with Crippen molar-refractivity contribution >= 4 is 11.8 Å². The average Bonchev–Trinajstić information content (AvgIpc) is 2.24.